The summed E-state index contributed by atoms with van der Waals surface area (Å²) in [6.45, 7) is 3.77. The van der Waals surface area contributed by atoms with Gasteiger partial charge in [0.05, 0.1) is 15.4 Å². The molecule has 0 atom stereocenters. The van der Waals surface area contributed by atoms with E-state index >= 15 is 0 Å². The third-order valence-electron chi connectivity index (χ3n) is 5.00. The van der Waals surface area contributed by atoms with Gasteiger partial charge in [-0.2, -0.15) is 0 Å². The van der Waals surface area contributed by atoms with Crippen LogP contribution in [0.25, 0.3) is 5.57 Å². The standard InChI is InChI=1S/C21H18N4O6S/c1-3-22-19(26)18(20(27)23(4-2)21(22)32)17(13-9-11-14(12-10-13)24(28)29)15-7-5-6-8-16(15)25(30)31/h5-12H,3-4H2,1-2H3. The second-order valence-corrected chi connectivity index (χ2v) is 7.07. The molecule has 0 aromatic heterocycles. The molecule has 3 rings (SSSR count). The number of hydrogen-bond donors (Lipinski definition) is 0. The maximum Gasteiger partial charge on any atom is 0.277 e. The van der Waals surface area contributed by atoms with Crippen LogP contribution in [0.3, 0.4) is 0 Å². The zero-order chi connectivity index (χ0) is 23.6. The molecule has 10 nitrogen and oxygen atoms in total. The first-order valence-corrected chi connectivity index (χ1v) is 10.0. The Labute approximate surface area is 188 Å². The number of thiocarbonyl (C=S) groups is 1. The Kier molecular flexibility index (Phi) is 6.40. The van der Waals surface area contributed by atoms with E-state index in [-0.39, 0.29) is 51.8 Å². The molecule has 2 aromatic carbocycles. The van der Waals surface area contributed by atoms with Crippen molar-refractivity contribution in [2.45, 2.75) is 13.8 Å². The van der Waals surface area contributed by atoms with Gasteiger partial charge >= 0.3 is 0 Å². The Morgan fingerprint density at radius 3 is 1.88 bits per heavy atom. The van der Waals surface area contributed by atoms with E-state index in [1.807, 2.05) is 0 Å². The lowest BCUT2D eigenvalue weighted by Gasteiger charge is -2.36. The van der Waals surface area contributed by atoms with Gasteiger partial charge in [-0.05, 0) is 49.8 Å². The number of non-ortho nitro benzene ring substituents is 1. The van der Waals surface area contributed by atoms with Gasteiger partial charge in [0.25, 0.3) is 23.2 Å². The van der Waals surface area contributed by atoms with E-state index in [9.17, 15) is 29.8 Å². The highest BCUT2D eigenvalue weighted by Crippen LogP contribution is 2.36. The van der Waals surface area contributed by atoms with Crippen LogP contribution >= 0.6 is 12.2 Å². The molecule has 1 saturated heterocycles. The Morgan fingerprint density at radius 1 is 0.875 bits per heavy atom. The van der Waals surface area contributed by atoms with Gasteiger partial charge < -0.3 is 0 Å². The SMILES string of the molecule is CCN1C(=O)C(=C(c2ccc([N+](=O)[O-])cc2)c2ccccc2[N+](=O)[O-])C(=O)N(CC)C1=S. The second kappa shape index (κ2) is 9.02. The van der Waals surface area contributed by atoms with Crippen molar-refractivity contribution in [2.75, 3.05) is 13.1 Å². The molecule has 164 valence electrons. The molecule has 1 fully saturated rings. The van der Waals surface area contributed by atoms with Crippen LogP contribution in [-0.2, 0) is 9.59 Å². The lowest BCUT2D eigenvalue weighted by molar-refractivity contribution is -0.385. The Bertz CT molecular complexity index is 1150. The predicted octanol–water partition coefficient (Wildman–Crippen LogP) is 3.30. The van der Waals surface area contributed by atoms with Crippen LogP contribution in [0.5, 0.6) is 0 Å². The summed E-state index contributed by atoms with van der Waals surface area (Å²) in [4.78, 5) is 50.8. The van der Waals surface area contributed by atoms with E-state index < -0.39 is 21.7 Å². The smallest absolute Gasteiger partial charge is 0.277 e. The fourth-order valence-corrected chi connectivity index (χ4v) is 3.91. The van der Waals surface area contributed by atoms with Crippen molar-refractivity contribution in [3.63, 3.8) is 0 Å². The lowest BCUT2D eigenvalue weighted by Crippen LogP contribution is -2.56. The number of hydrogen-bond acceptors (Lipinski definition) is 7. The average molecular weight is 454 g/mol. The molecule has 0 saturated carbocycles. The number of rotatable bonds is 6. The highest BCUT2D eigenvalue weighted by atomic mass is 32.1. The van der Waals surface area contributed by atoms with E-state index in [1.165, 1.54) is 52.3 Å². The van der Waals surface area contributed by atoms with Crippen molar-refractivity contribution in [3.8, 4) is 0 Å². The molecule has 1 heterocycles. The Balaban J connectivity index is 2.41. The molecular formula is C21H18N4O6S. The van der Waals surface area contributed by atoms with Gasteiger partial charge in [-0.15, -0.1) is 0 Å². The minimum atomic E-state index is -0.682. The zero-order valence-electron chi connectivity index (χ0n) is 17.2. The highest BCUT2D eigenvalue weighted by molar-refractivity contribution is 7.80. The lowest BCUT2D eigenvalue weighted by atomic mass is 9.89. The van der Waals surface area contributed by atoms with Crippen molar-refractivity contribution >= 4 is 46.1 Å². The summed E-state index contributed by atoms with van der Waals surface area (Å²) < 4.78 is 0. The first-order valence-electron chi connectivity index (χ1n) is 9.63. The normalized spacial score (nSPS) is 14.1. The van der Waals surface area contributed by atoms with Crippen molar-refractivity contribution < 1.29 is 19.4 Å². The van der Waals surface area contributed by atoms with Gasteiger partial charge in [0.2, 0.25) is 0 Å². The van der Waals surface area contributed by atoms with Gasteiger partial charge in [-0.25, -0.2) is 0 Å². The molecule has 1 aliphatic rings. The third kappa shape index (κ3) is 3.85. The van der Waals surface area contributed by atoms with Crippen LogP contribution in [-0.4, -0.2) is 49.7 Å². The fourth-order valence-electron chi connectivity index (χ4n) is 3.48. The van der Waals surface area contributed by atoms with Crippen LogP contribution in [0.2, 0.25) is 0 Å². The van der Waals surface area contributed by atoms with Gasteiger partial charge in [0, 0.05) is 36.9 Å². The molecule has 2 amide bonds. The molecule has 0 spiro atoms. The molecule has 1 aliphatic heterocycles. The van der Waals surface area contributed by atoms with E-state index in [0.717, 1.165) is 0 Å². The van der Waals surface area contributed by atoms with Gasteiger partial charge in [0.1, 0.15) is 5.57 Å². The van der Waals surface area contributed by atoms with Gasteiger partial charge in [-0.1, -0.05) is 12.1 Å². The topological polar surface area (TPSA) is 127 Å². The molecule has 11 heteroatoms. The number of carbonyl (C=O) groups excluding carboxylic acids is 2. The van der Waals surface area contributed by atoms with Crippen molar-refractivity contribution in [3.05, 3.63) is 85.5 Å². The van der Waals surface area contributed by atoms with Crippen molar-refractivity contribution in [1.29, 1.82) is 0 Å². The largest absolute Gasteiger partial charge is 0.285 e. The fraction of sp³-hybridized carbons (Fsp3) is 0.190. The highest BCUT2D eigenvalue weighted by Gasteiger charge is 2.41. The molecule has 0 aliphatic carbocycles. The average Bonchev–Trinajstić information content (AvgIpc) is 2.77. The zero-order valence-corrected chi connectivity index (χ0v) is 18.0. The first-order chi connectivity index (χ1) is 15.2. The number of nitrogens with zero attached hydrogens (tertiary/aromatic N) is 4. The van der Waals surface area contributed by atoms with Gasteiger partial charge in [-0.3, -0.25) is 39.6 Å². The molecule has 0 radical (unpaired) electrons. The maximum atomic E-state index is 13.3. The predicted molar refractivity (Wildman–Crippen MR) is 120 cm³/mol. The molecule has 32 heavy (non-hydrogen) atoms. The van der Waals surface area contributed by atoms with E-state index in [2.05, 4.69) is 0 Å². The number of nitro groups is 2. The molecule has 0 unspecified atom stereocenters. The Hall–Kier alpha value is -3.99. The van der Waals surface area contributed by atoms with Crippen LogP contribution in [0.4, 0.5) is 11.4 Å². The summed E-state index contributed by atoms with van der Waals surface area (Å²) >= 11 is 5.29. The molecule has 0 N–H and O–H groups in total. The number of likely N-dealkylation sites (N-methyl/N-ethyl adjacent to an activating group) is 2. The maximum absolute atomic E-state index is 13.3. The molecule has 2 aromatic rings. The number of carbonyl (C=O) groups is 2. The minimum absolute atomic E-state index is 0.0154. The molecule has 0 bridgehead atoms. The minimum Gasteiger partial charge on any atom is -0.285 e. The summed E-state index contributed by atoms with van der Waals surface area (Å²) in [6, 6.07) is 10.8. The first kappa shape index (κ1) is 22.7. The summed E-state index contributed by atoms with van der Waals surface area (Å²) in [7, 11) is 0. The van der Waals surface area contributed by atoms with E-state index in [1.54, 1.807) is 19.9 Å². The Morgan fingerprint density at radius 2 is 1.41 bits per heavy atom. The summed E-state index contributed by atoms with van der Waals surface area (Å²) in [5.74, 6) is -1.36. The summed E-state index contributed by atoms with van der Waals surface area (Å²) in [5, 5.41) is 22.8. The quantitative estimate of drug-likeness (QED) is 0.215. The number of benzene rings is 2. The van der Waals surface area contributed by atoms with E-state index in [4.69, 9.17) is 12.2 Å². The number of para-hydroxylation sites is 1. The third-order valence-corrected chi connectivity index (χ3v) is 5.44. The van der Waals surface area contributed by atoms with Crippen molar-refractivity contribution in [1.82, 2.24) is 9.80 Å². The van der Waals surface area contributed by atoms with Crippen LogP contribution in [0.15, 0.2) is 54.1 Å². The second-order valence-electron chi connectivity index (χ2n) is 6.71. The number of amides is 2. The van der Waals surface area contributed by atoms with Crippen LogP contribution in [0, 0.1) is 20.2 Å². The molecular weight excluding hydrogens is 436 g/mol. The van der Waals surface area contributed by atoms with Crippen molar-refractivity contribution in [2.24, 2.45) is 0 Å². The summed E-state index contributed by atoms with van der Waals surface area (Å²) in [5.41, 5.74) is -0.488. The van der Waals surface area contributed by atoms with Crippen LogP contribution < -0.4 is 0 Å². The summed E-state index contributed by atoms with van der Waals surface area (Å²) in [6.07, 6.45) is 0. The monoisotopic (exact) mass is 454 g/mol. The van der Waals surface area contributed by atoms with Gasteiger partial charge in [0.15, 0.2) is 5.11 Å². The number of nitro benzene ring substituents is 2. The van der Waals surface area contributed by atoms with Crippen LogP contribution in [0.1, 0.15) is 25.0 Å². The van der Waals surface area contributed by atoms with E-state index in [0.29, 0.717) is 0 Å².